The van der Waals surface area contributed by atoms with Crippen LogP contribution < -0.4 is 0 Å². The van der Waals surface area contributed by atoms with Gasteiger partial charge in [0.25, 0.3) is 0 Å². The quantitative estimate of drug-likeness (QED) is 0.595. The van der Waals surface area contributed by atoms with Gasteiger partial charge in [-0.25, -0.2) is 0 Å². The van der Waals surface area contributed by atoms with Crippen molar-refractivity contribution in [2.75, 3.05) is 0 Å². The van der Waals surface area contributed by atoms with Crippen molar-refractivity contribution < 1.29 is 0 Å². The molecule has 1 aromatic rings. The van der Waals surface area contributed by atoms with E-state index in [2.05, 4.69) is 30.3 Å². The molecule has 2 aliphatic rings. The maximum atomic E-state index is 8.86. The highest BCUT2D eigenvalue weighted by Crippen LogP contribution is 2.50. The maximum absolute atomic E-state index is 8.86. The molecule has 0 amide bonds. The van der Waals surface area contributed by atoms with E-state index in [0.29, 0.717) is 0 Å². The molecule has 2 aliphatic carbocycles. The molecule has 0 heterocycles. The van der Waals surface area contributed by atoms with Crippen molar-refractivity contribution in [2.45, 2.75) is 31.6 Å². The first-order valence-corrected chi connectivity index (χ1v) is 6.08. The van der Waals surface area contributed by atoms with Gasteiger partial charge in [-0.3, -0.25) is 0 Å². The second-order valence-electron chi connectivity index (χ2n) is 4.89. The number of nitrogens with zero attached hydrogens (tertiary/aromatic N) is 1. The topological polar surface area (TPSA) is 23.8 Å². The summed E-state index contributed by atoms with van der Waals surface area (Å²) in [6.07, 6.45) is 6.87. The Kier molecular flexibility index (Phi) is 2.29. The number of fused-ring (bicyclic) bond motifs is 3. The average molecular weight is 209 g/mol. The second kappa shape index (κ2) is 3.79. The molecule has 0 saturated heterocycles. The van der Waals surface area contributed by atoms with Gasteiger partial charge in [-0.05, 0) is 47.8 Å². The third-order valence-corrected chi connectivity index (χ3v) is 4.09. The van der Waals surface area contributed by atoms with Crippen LogP contribution in [-0.2, 0) is 0 Å². The van der Waals surface area contributed by atoms with E-state index in [1.165, 1.54) is 36.0 Å². The van der Waals surface area contributed by atoms with E-state index in [1.54, 1.807) is 6.08 Å². The van der Waals surface area contributed by atoms with Crippen LogP contribution >= 0.6 is 0 Å². The Hall–Kier alpha value is -1.55. The number of rotatable bonds is 0. The molecule has 1 heteroatoms. The summed E-state index contributed by atoms with van der Waals surface area (Å²) in [5.41, 5.74) is 4.06. The van der Waals surface area contributed by atoms with Gasteiger partial charge in [-0.1, -0.05) is 30.7 Å². The summed E-state index contributed by atoms with van der Waals surface area (Å²) in [5, 5.41) is 8.86. The Bertz CT molecular complexity index is 478. The van der Waals surface area contributed by atoms with E-state index >= 15 is 0 Å². The Morgan fingerprint density at radius 2 is 2.12 bits per heavy atom. The molecule has 0 radical (unpaired) electrons. The number of hydrogen-bond donors (Lipinski definition) is 0. The third-order valence-electron chi connectivity index (χ3n) is 4.09. The number of hydrogen-bond acceptors (Lipinski definition) is 1. The van der Waals surface area contributed by atoms with E-state index in [4.69, 9.17) is 5.26 Å². The van der Waals surface area contributed by atoms with Crippen LogP contribution in [0, 0.1) is 17.2 Å². The second-order valence-corrected chi connectivity index (χ2v) is 4.89. The molecule has 0 aliphatic heterocycles. The zero-order valence-corrected chi connectivity index (χ0v) is 9.32. The van der Waals surface area contributed by atoms with Crippen molar-refractivity contribution in [3.05, 3.63) is 41.5 Å². The maximum Gasteiger partial charge on any atom is 0.0915 e. The van der Waals surface area contributed by atoms with Gasteiger partial charge in [0.1, 0.15) is 0 Å². The molecule has 16 heavy (non-hydrogen) atoms. The minimum Gasteiger partial charge on any atom is -0.193 e. The van der Waals surface area contributed by atoms with Gasteiger partial charge < -0.3 is 0 Å². The van der Waals surface area contributed by atoms with Crippen molar-refractivity contribution in [1.29, 1.82) is 5.26 Å². The van der Waals surface area contributed by atoms with Crippen LogP contribution in [0.3, 0.4) is 0 Å². The Balaban J connectivity index is 2.14. The van der Waals surface area contributed by atoms with E-state index in [1.807, 2.05) is 0 Å². The molecule has 80 valence electrons. The fourth-order valence-corrected chi connectivity index (χ4v) is 3.41. The highest BCUT2D eigenvalue weighted by atomic mass is 14.4. The fraction of sp³-hybridized carbons (Fsp3) is 0.400. The van der Waals surface area contributed by atoms with E-state index < -0.39 is 0 Å². The van der Waals surface area contributed by atoms with Crippen LogP contribution in [-0.4, -0.2) is 0 Å². The van der Waals surface area contributed by atoms with Crippen LogP contribution in [0.4, 0.5) is 0 Å². The molecular weight excluding hydrogens is 194 g/mol. The van der Waals surface area contributed by atoms with E-state index in [0.717, 1.165) is 18.3 Å². The first-order chi connectivity index (χ1) is 7.90. The van der Waals surface area contributed by atoms with Gasteiger partial charge in [0.15, 0.2) is 0 Å². The lowest BCUT2D eigenvalue weighted by Gasteiger charge is -2.30. The first kappa shape index (κ1) is 9.66. The van der Waals surface area contributed by atoms with E-state index in [-0.39, 0.29) is 0 Å². The van der Waals surface area contributed by atoms with E-state index in [9.17, 15) is 0 Å². The molecule has 1 aromatic carbocycles. The van der Waals surface area contributed by atoms with Gasteiger partial charge in [0.2, 0.25) is 0 Å². The highest BCUT2D eigenvalue weighted by molar-refractivity contribution is 5.73. The normalized spacial score (nSPS) is 29.6. The van der Waals surface area contributed by atoms with Crippen LogP contribution in [0.5, 0.6) is 0 Å². The Morgan fingerprint density at radius 1 is 1.25 bits per heavy atom. The molecule has 2 atom stereocenters. The summed E-state index contributed by atoms with van der Waals surface area (Å²) >= 11 is 0. The lowest BCUT2D eigenvalue weighted by molar-refractivity contribution is 0.483. The smallest absolute Gasteiger partial charge is 0.0915 e. The molecule has 0 aromatic heterocycles. The van der Waals surface area contributed by atoms with Gasteiger partial charge >= 0.3 is 0 Å². The predicted octanol–water partition coefficient (Wildman–Crippen LogP) is 3.88. The SMILES string of the molecule is N#C/C=C1/CC2CCCC2c2ccccc21. The van der Waals surface area contributed by atoms with Crippen LogP contribution in [0.2, 0.25) is 0 Å². The minimum absolute atomic E-state index is 0.757. The standard InChI is InChI=1S/C15H15N/c16-9-8-12-10-11-4-3-7-14(11)15-6-2-1-5-13(12)15/h1-2,5-6,8,11,14H,3-4,7,10H2/b12-8-. The summed E-state index contributed by atoms with van der Waals surface area (Å²) in [6, 6.07) is 10.8. The zero-order valence-electron chi connectivity index (χ0n) is 9.32. The molecule has 0 spiro atoms. The Morgan fingerprint density at radius 3 is 3.00 bits per heavy atom. The number of nitriles is 1. The van der Waals surface area contributed by atoms with Crippen molar-refractivity contribution in [3.63, 3.8) is 0 Å². The molecule has 1 nitrogen and oxygen atoms in total. The lowest BCUT2D eigenvalue weighted by Crippen LogP contribution is -2.15. The summed E-state index contributed by atoms with van der Waals surface area (Å²) in [6.45, 7) is 0. The largest absolute Gasteiger partial charge is 0.193 e. The molecule has 0 N–H and O–H groups in total. The van der Waals surface area contributed by atoms with Crippen molar-refractivity contribution in [2.24, 2.45) is 5.92 Å². The molecule has 1 saturated carbocycles. The zero-order chi connectivity index (χ0) is 11.0. The summed E-state index contributed by atoms with van der Waals surface area (Å²) < 4.78 is 0. The summed E-state index contributed by atoms with van der Waals surface area (Å²) in [7, 11) is 0. The number of allylic oxidation sites excluding steroid dienone is 2. The lowest BCUT2D eigenvalue weighted by atomic mass is 9.74. The minimum atomic E-state index is 0.757. The average Bonchev–Trinajstić information content (AvgIpc) is 2.78. The molecule has 3 rings (SSSR count). The molecule has 0 bridgehead atoms. The summed E-state index contributed by atoms with van der Waals surface area (Å²) in [5.74, 6) is 1.54. The molecule has 2 unspecified atom stereocenters. The van der Waals surface area contributed by atoms with Crippen molar-refractivity contribution in [1.82, 2.24) is 0 Å². The number of benzene rings is 1. The third kappa shape index (κ3) is 1.38. The molecule has 1 fully saturated rings. The Labute approximate surface area is 96.4 Å². The highest BCUT2D eigenvalue weighted by Gasteiger charge is 2.34. The van der Waals surface area contributed by atoms with Crippen LogP contribution in [0.1, 0.15) is 42.7 Å². The van der Waals surface area contributed by atoms with Gasteiger partial charge in [0.05, 0.1) is 6.07 Å². The van der Waals surface area contributed by atoms with Gasteiger partial charge in [0, 0.05) is 6.08 Å². The first-order valence-electron chi connectivity index (χ1n) is 6.08. The molecular formula is C15H15N. The van der Waals surface area contributed by atoms with Gasteiger partial charge in [-0.2, -0.15) is 5.26 Å². The fourth-order valence-electron chi connectivity index (χ4n) is 3.41. The summed E-state index contributed by atoms with van der Waals surface area (Å²) in [4.78, 5) is 0. The van der Waals surface area contributed by atoms with Crippen molar-refractivity contribution in [3.8, 4) is 6.07 Å². The van der Waals surface area contributed by atoms with Crippen molar-refractivity contribution >= 4 is 5.57 Å². The predicted molar refractivity (Wildman–Crippen MR) is 64.7 cm³/mol. The van der Waals surface area contributed by atoms with Crippen LogP contribution in [0.15, 0.2) is 30.3 Å². The van der Waals surface area contributed by atoms with Crippen LogP contribution in [0.25, 0.3) is 5.57 Å². The van der Waals surface area contributed by atoms with Gasteiger partial charge in [-0.15, -0.1) is 0 Å². The monoisotopic (exact) mass is 209 g/mol.